The highest BCUT2D eigenvalue weighted by atomic mass is 19.1. The molecule has 0 spiro atoms. The molecule has 0 amide bonds. The number of aliphatic hydroxyl groups excluding tert-OH is 1. The summed E-state index contributed by atoms with van der Waals surface area (Å²) in [7, 11) is 2.98. The van der Waals surface area contributed by atoms with Gasteiger partial charge in [0.05, 0.1) is 25.4 Å². The molecule has 3 fully saturated rings. The maximum absolute atomic E-state index is 17.9. The van der Waals surface area contributed by atoms with E-state index in [4.69, 9.17) is 37.9 Å². The lowest BCUT2D eigenvalue weighted by Gasteiger charge is -2.63. The van der Waals surface area contributed by atoms with Crippen LogP contribution in [0, 0.1) is 22.7 Å². The second-order valence-corrected chi connectivity index (χ2v) is 17.4. The largest absolute Gasteiger partial charge is 0.514 e. The van der Waals surface area contributed by atoms with Gasteiger partial charge in [0.25, 0.3) is 6.29 Å². The van der Waals surface area contributed by atoms with E-state index in [0.29, 0.717) is 42.6 Å². The molecule has 7 rings (SSSR count). The van der Waals surface area contributed by atoms with Gasteiger partial charge in [-0.3, -0.25) is 9.59 Å². The molecular weight excluding hydrogens is 779 g/mol. The monoisotopic (exact) mass is 834 g/mol. The SMILES string of the molecule is CCCCCOC(=O)c1cc(OC(=O)OCC(=O)C2(OC(C)(C)OC)CCC3C4CCC5=CC(=O)C=CC5(C)C4(F)C(O)CC32C)c2c(c1)OC(c1ccc(OC)cc1)O2. The minimum atomic E-state index is -2.12. The number of rotatable bonds is 14. The first-order chi connectivity index (χ1) is 28.4. The number of aliphatic hydroxyl groups is 1. The zero-order valence-corrected chi connectivity index (χ0v) is 35.3. The van der Waals surface area contributed by atoms with Gasteiger partial charge < -0.3 is 43.0 Å². The fraction of sp³-hybridized carbons (Fsp3) is 0.565. The topological polar surface area (TPSA) is 162 Å². The fourth-order valence-electron chi connectivity index (χ4n) is 10.4. The number of carbonyl (C=O) groups is 4. The number of hydrogen-bond acceptors (Lipinski definition) is 13. The first-order valence-corrected chi connectivity index (χ1v) is 20.7. The van der Waals surface area contributed by atoms with Gasteiger partial charge in [-0.15, -0.1) is 0 Å². The first kappa shape index (κ1) is 43.3. The number of methoxy groups -OCH3 is 2. The number of hydrogen-bond donors (Lipinski definition) is 1. The number of alkyl halides is 1. The van der Waals surface area contributed by atoms with Gasteiger partial charge in [0.15, 0.2) is 35.3 Å². The van der Waals surface area contributed by atoms with Gasteiger partial charge in [0.1, 0.15) is 11.4 Å². The van der Waals surface area contributed by atoms with Crippen molar-refractivity contribution in [2.75, 3.05) is 27.4 Å². The van der Waals surface area contributed by atoms with Crippen LogP contribution in [-0.4, -0.2) is 79.4 Å². The van der Waals surface area contributed by atoms with Gasteiger partial charge in [-0.05, 0) is 114 Å². The zero-order chi connectivity index (χ0) is 43.3. The minimum absolute atomic E-state index is 0.0247. The first-order valence-electron chi connectivity index (χ1n) is 20.7. The minimum Gasteiger partial charge on any atom is -0.497 e. The van der Waals surface area contributed by atoms with Crippen LogP contribution in [0.15, 0.2) is 60.2 Å². The maximum Gasteiger partial charge on any atom is 0.514 e. The molecule has 4 aliphatic carbocycles. The highest BCUT2D eigenvalue weighted by Crippen LogP contribution is 2.70. The van der Waals surface area contributed by atoms with Crippen molar-refractivity contribution in [1.82, 2.24) is 0 Å². The summed E-state index contributed by atoms with van der Waals surface area (Å²) in [5.41, 5.74) is -4.85. The molecule has 8 atom stereocenters. The number of halogens is 1. The molecule has 1 heterocycles. The van der Waals surface area contributed by atoms with Crippen LogP contribution in [0.4, 0.5) is 9.18 Å². The Kier molecular flexibility index (Phi) is 11.7. The van der Waals surface area contributed by atoms with Crippen LogP contribution in [0.5, 0.6) is 23.0 Å². The Morgan fingerprint density at radius 3 is 2.45 bits per heavy atom. The number of esters is 1. The van der Waals surface area contributed by atoms with Crippen LogP contribution >= 0.6 is 0 Å². The summed E-state index contributed by atoms with van der Waals surface area (Å²) in [6.45, 7) is 8.29. The van der Waals surface area contributed by atoms with E-state index in [1.54, 1.807) is 58.2 Å². The Hall–Kier alpha value is -4.79. The Balaban J connectivity index is 1.13. The summed E-state index contributed by atoms with van der Waals surface area (Å²) >= 11 is 0. The van der Waals surface area contributed by atoms with Crippen molar-refractivity contribution in [3.63, 3.8) is 0 Å². The molecule has 5 aliphatic rings. The van der Waals surface area contributed by atoms with E-state index in [-0.39, 0.29) is 48.0 Å². The van der Waals surface area contributed by atoms with Gasteiger partial charge in [0, 0.05) is 29.4 Å². The lowest BCUT2D eigenvalue weighted by molar-refractivity contribution is -0.293. The van der Waals surface area contributed by atoms with Crippen molar-refractivity contribution >= 4 is 23.7 Å². The van der Waals surface area contributed by atoms with Crippen LogP contribution in [0.2, 0.25) is 0 Å². The van der Waals surface area contributed by atoms with Crippen molar-refractivity contribution in [3.05, 3.63) is 71.3 Å². The molecule has 13 nitrogen and oxygen atoms in total. The van der Waals surface area contributed by atoms with Crippen LogP contribution in [0.3, 0.4) is 0 Å². The number of fused-ring (bicyclic) bond motifs is 6. The van der Waals surface area contributed by atoms with E-state index in [9.17, 15) is 24.3 Å². The molecule has 3 saturated carbocycles. The van der Waals surface area contributed by atoms with Crippen molar-refractivity contribution in [3.8, 4) is 23.0 Å². The number of Topliss-reactive ketones (excluding diaryl/α,β-unsaturated/α-hetero) is 1. The van der Waals surface area contributed by atoms with Crippen LogP contribution in [-0.2, 0) is 28.5 Å². The van der Waals surface area contributed by atoms with Crippen molar-refractivity contribution < 1.29 is 66.6 Å². The fourth-order valence-corrected chi connectivity index (χ4v) is 10.4. The number of ketones is 2. The Morgan fingerprint density at radius 2 is 1.75 bits per heavy atom. The van der Waals surface area contributed by atoms with E-state index in [1.165, 1.54) is 31.4 Å². The summed E-state index contributed by atoms with van der Waals surface area (Å²) < 4.78 is 64.2. The molecule has 324 valence electrons. The number of allylic oxidation sites excluding steroid dienone is 4. The maximum atomic E-state index is 17.9. The molecule has 0 aromatic heterocycles. The summed E-state index contributed by atoms with van der Waals surface area (Å²) in [5.74, 6) is -3.36. The number of unbranched alkanes of at least 4 members (excludes halogenated alkanes) is 2. The molecular formula is C46H55FO13. The molecule has 0 bridgehead atoms. The lowest BCUT2D eigenvalue weighted by atomic mass is 9.44. The summed E-state index contributed by atoms with van der Waals surface area (Å²) in [5, 5.41) is 11.9. The number of benzene rings is 2. The van der Waals surface area contributed by atoms with E-state index in [1.807, 2.05) is 13.8 Å². The quantitative estimate of drug-likeness (QED) is 0.0842. The standard InChI is InChI=1S/C46H55FO13/c1-8-9-10-21-55-39(51)28-22-34-38(59-40(57-34)27-11-14-31(53-6)15-12-27)35(23-28)58-41(52)56-26-37(50)45(60-42(2,3)54-7)20-18-32-33-16-13-29-24-30(48)17-19-43(29,4)46(33,47)36(49)25-44(32,45)5/h11-12,14-15,17,19,22-24,32-33,36,40,49H,8-10,13,16,18,20-21,25-26H2,1-7H3. The highest BCUT2D eigenvalue weighted by Gasteiger charge is 2.75. The van der Waals surface area contributed by atoms with Crippen LogP contribution in [0.1, 0.15) is 108 Å². The average Bonchev–Trinajstić information content (AvgIpc) is 3.78. The molecule has 1 N–H and O–H groups in total. The van der Waals surface area contributed by atoms with Crippen molar-refractivity contribution in [2.45, 2.75) is 115 Å². The summed E-state index contributed by atoms with van der Waals surface area (Å²) in [6.07, 6.45) is 4.33. The Bertz CT molecular complexity index is 2080. The second kappa shape index (κ2) is 16.2. The molecule has 8 unspecified atom stereocenters. The predicted molar refractivity (Wildman–Crippen MR) is 213 cm³/mol. The average molecular weight is 835 g/mol. The van der Waals surface area contributed by atoms with E-state index < -0.39 is 76.6 Å². The summed E-state index contributed by atoms with van der Waals surface area (Å²) in [4.78, 5) is 53.7. The third-order valence-electron chi connectivity index (χ3n) is 13.7. The third-order valence-corrected chi connectivity index (χ3v) is 13.7. The van der Waals surface area contributed by atoms with Gasteiger partial charge in [-0.25, -0.2) is 14.0 Å². The van der Waals surface area contributed by atoms with E-state index in [0.717, 1.165) is 12.8 Å². The molecule has 60 heavy (non-hydrogen) atoms. The van der Waals surface area contributed by atoms with E-state index in [2.05, 4.69) is 0 Å². The molecule has 2 aromatic rings. The van der Waals surface area contributed by atoms with Gasteiger partial charge >= 0.3 is 12.1 Å². The van der Waals surface area contributed by atoms with Crippen LogP contribution in [0.25, 0.3) is 0 Å². The lowest BCUT2D eigenvalue weighted by Crippen LogP contribution is -2.70. The van der Waals surface area contributed by atoms with Gasteiger partial charge in [-0.1, -0.05) is 38.3 Å². The number of ether oxygens (including phenoxy) is 8. The molecule has 1 aliphatic heterocycles. The van der Waals surface area contributed by atoms with Gasteiger partial charge in [-0.2, -0.15) is 0 Å². The molecule has 14 heteroatoms. The molecule has 0 radical (unpaired) electrons. The van der Waals surface area contributed by atoms with E-state index >= 15 is 4.39 Å². The zero-order valence-electron chi connectivity index (χ0n) is 35.3. The summed E-state index contributed by atoms with van der Waals surface area (Å²) in [6, 6.07) is 9.67. The molecule has 0 saturated heterocycles. The third kappa shape index (κ3) is 7.27. The second-order valence-electron chi connectivity index (χ2n) is 17.4. The number of carbonyl (C=O) groups excluding carboxylic acids is 4. The van der Waals surface area contributed by atoms with Crippen LogP contribution < -0.4 is 18.9 Å². The van der Waals surface area contributed by atoms with Crippen molar-refractivity contribution in [2.24, 2.45) is 22.7 Å². The highest BCUT2D eigenvalue weighted by molar-refractivity contribution is 6.01. The van der Waals surface area contributed by atoms with Gasteiger partial charge in [0.2, 0.25) is 11.5 Å². The Morgan fingerprint density at radius 1 is 1.00 bits per heavy atom. The van der Waals surface area contributed by atoms with Crippen molar-refractivity contribution in [1.29, 1.82) is 0 Å². The molecule has 2 aromatic carbocycles. The smallest absolute Gasteiger partial charge is 0.497 e. The predicted octanol–water partition coefficient (Wildman–Crippen LogP) is 8.11. The normalized spacial score (nSPS) is 31.4. The Labute approximate surface area is 349 Å².